The number of aromatic nitrogens is 2. The lowest BCUT2D eigenvalue weighted by Gasteiger charge is -2.13. The third kappa shape index (κ3) is 4.43. The molecule has 0 aliphatic heterocycles. The SMILES string of the molecule is CCOCCn1c(=O)n(CC(C)C)c(=O)c2c(C)c(CNCCN)sc21. The molecule has 0 saturated carbocycles. The summed E-state index contributed by atoms with van der Waals surface area (Å²) in [5, 5.41) is 3.92. The molecule has 8 heteroatoms. The van der Waals surface area contributed by atoms with Crippen molar-refractivity contribution < 1.29 is 4.74 Å². The van der Waals surface area contributed by atoms with Crippen LogP contribution in [0.3, 0.4) is 0 Å². The molecular formula is C18H30N4O3S. The number of ether oxygens (including phenoxy) is 1. The van der Waals surface area contributed by atoms with Gasteiger partial charge in [0.15, 0.2) is 0 Å². The molecule has 0 fully saturated rings. The Hall–Kier alpha value is -1.48. The Morgan fingerprint density at radius 3 is 2.62 bits per heavy atom. The number of nitrogens with one attached hydrogen (secondary N) is 1. The van der Waals surface area contributed by atoms with Crippen LogP contribution in [-0.2, 0) is 24.4 Å². The highest BCUT2D eigenvalue weighted by Gasteiger charge is 2.20. The van der Waals surface area contributed by atoms with E-state index in [1.165, 1.54) is 15.9 Å². The first-order valence-corrected chi connectivity index (χ1v) is 9.98. The maximum Gasteiger partial charge on any atom is 0.332 e. The molecule has 0 atom stereocenters. The van der Waals surface area contributed by atoms with E-state index in [-0.39, 0.29) is 17.2 Å². The molecule has 2 aromatic rings. The quantitative estimate of drug-likeness (QED) is 0.604. The zero-order valence-corrected chi connectivity index (χ0v) is 16.9. The summed E-state index contributed by atoms with van der Waals surface area (Å²) in [4.78, 5) is 27.8. The van der Waals surface area contributed by atoms with Crippen molar-refractivity contribution in [2.24, 2.45) is 11.7 Å². The van der Waals surface area contributed by atoms with Gasteiger partial charge in [-0.05, 0) is 25.3 Å². The third-order valence-electron chi connectivity index (χ3n) is 4.21. The van der Waals surface area contributed by atoms with Gasteiger partial charge in [0.2, 0.25) is 0 Å². The van der Waals surface area contributed by atoms with Crippen molar-refractivity contribution in [3.63, 3.8) is 0 Å². The van der Waals surface area contributed by atoms with Crippen LogP contribution in [0.5, 0.6) is 0 Å². The number of fused-ring (bicyclic) bond motifs is 1. The number of hydrogen-bond acceptors (Lipinski definition) is 6. The zero-order chi connectivity index (χ0) is 19.3. The molecule has 0 radical (unpaired) electrons. The maximum absolute atomic E-state index is 13.0. The van der Waals surface area contributed by atoms with Gasteiger partial charge in [-0.1, -0.05) is 13.8 Å². The fourth-order valence-corrected chi connectivity index (χ4v) is 4.22. The predicted molar refractivity (Wildman–Crippen MR) is 107 cm³/mol. The van der Waals surface area contributed by atoms with Crippen LogP contribution >= 0.6 is 11.3 Å². The molecule has 0 amide bonds. The molecule has 3 N–H and O–H groups in total. The van der Waals surface area contributed by atoms with Gasteiger partial charge in [0.25, 0.3) is 5.56 Å². The van der Waals surface area contributed by atoms with E-state index in [1.807, 2.05) is 27.7 Å². The van der Waals surface area contributed by atoms with Gasteiger partial charge in [-0.25, -0.2) is 4.79 Å². The van der Waals surface area contributed by atoms with Crippen molar-refractivity contribution in [3.8, 4) is 0 Å². The number of thiophene rings is 1. The molecule has 2 heterocycles. The summed E-state index contributed by atoms with van der Waals surface area (Å²) in [7, 11) is 0. The Morgan fingerprint density at radius 2 is 2.00 bits per heavy atom. The number of aryl methyl sites for hydroxylation is 1. The first-order chi connectivity index (χ1) is 12.4. The summed E-state index contributed by atoms with van der Waals surface area (Å²) in [5.74, 6) is 0.211. The minimum atomic E-state index is -0.251. The van der Waals surface area contributed by atoms with E-state index in [0.29, 0.717) is 51.3 Å². The summed E-state index contributed by atoms with van der Waals surface area (Å²) in [6.07, 6.45) is 0. The lowest BCUT2D eigenvalue weighted by Crippen LogP contribution is -2.41. The topological polar surface area (TPSA) is 91.3 Å². The number of hydrogen-bond donors (Lipinski definition) is 2. The Labute approximate surface area is 157 Å². The van der Waals surface area contributed by atoms with Crippen LogP contribution < -0.4 is 22.3 Å². The Bertz CT molecular complexity index is 851. The van der Waals surface area contributed by atoms with Crippen molar-refractivity contribution in [1.82, 2.24) is 14.5 Å². The molecule has 0 bridgehead atoms. The van der Waals surface area contributed by atoms with Gasteiger partial charge in [-0.2, -0.15) is 0 Å². The molecule has 2 aromatic heterocycles. The summed E-state index contributed by atoms with van der Waals surface area (Å²) in [6.45, 7) is 11.7. The standard InChI is InChI=1S/C18H30N4O3S/c1-5-25-9-8-21-17-15(13(4)14(26-17)10-20-7-6-19)16(23)22(18(21)24)11-12(2)3/h12,20H,5-11,19H2,1-4H3. The molecule has 0 aliphatic rings. The van der Waals surface area contributed by atoms with Gasteiger partial charge in [0.05, 0.1) is 18.5 Å². The largest absolute Gasteiger partial charge is 0.380 e. The van der Waals surface area contributed by atoms with Crippen LogP contribution in [0.1, 0.15) is 31.2 Å². The first-order valence-electron chi connectivity index (χ1n) is 9.16. The smallest absolute Gasteiger partial charge is 0.332 e. The average molecular weight is 383 g/mol. The fraction of sp³-hybridized carbons (Fsp3) is 0.667. The minimum Gasteiger partial charge on any atom is -0.380 e. The monoisotopic (exact) mass is 382 g/mol. The summed E-state index contributed by atoms with van der Waals surface area (Å²) in [5.41, 5.74) is 6.04. The highest BCUT2D eigenvalue weighted by molar-refractivity contribution is 7.18. The molecule has 0 saturated heterocycles. The van der Waals surface area contributed by atoms with Crippen LogP contribution in [0.4, 0.5) is 0 Å². The lowest BCUT2D eigenvalue weighted by molar-refractivity contribution is 0.138. The Morgan fingerprint density at radius 1 is 1.27 bits per heavy atom. The van der Waals surface area contributed by atoms with Gasteiger partial charge < -0.3 is 15.8 Å². The van der Waals surface area contributed by atoms with Crippen LogP contribution in [0, 0.1) is 12.8 Å². The van der Waals surface area contributed by atoms with Crippen LogP contribution in [0.25, 0.3) is 10.2 Å². The maximum atomic E-state index is 13.0. The fourth-order valence-electron chi connectivity index (χ4n) is 2.94. The molecule has 7 nitrogen and oxygen atoms in total. The van der Waals surface area contributed by atoms with Gasteiger partial charge in [-0.3, -0.25) is 13.9 Å². The summed E-state index contributed by atoms with van der Waals surface area (Å²) < 4.78 is 8.50. The predicted octanol–water partition coefficient (Wildman–Crippen LogP) is 1.27. The van der Waals surface area contributed by atoms with E-state index in [0.717, 1.165) is 15.3 Å². The molecule has 146 valence electrons. The number of nitrogens with zero attached hydrogens (tertiary/aromatic N) is 2. The van der Waals surface area contributed by atoms with Crippen molar-refractivity contribution in [1.29, 1.82) is 0 Å². The van der Waals surface area contributed by atoms with Crippen LogP contribution in [0.2, 0.25) is 0 Å². The molecule has 0 aliphatic carbocycles. The van der Waals surface area contributed by atoms with Crippen molar-refractivity contribution >= 4 is 21.6 Å². The second-order valence-electron chi connectivity index (χ2n) is 6.74. The molecule has 0 unspecified atom stereocenters. The number of rotatable bonds is 10. The van der Waals surface area contributed by atoms with Crippen LogP contribution in [-0.4, -0.2) is 35.4 Å². The van der Waals surface area contributed by atoms with Crippen molar-refractivity contribution in [2.45, 2.75) is 47.3 Å². The highest BCUT2D eigenvalue weighted by atomic mass is 32.1. The molecule has 2 rings (SSSR count). The van der Waals surface area contributed by atoms with Gasteiger partial charge in [-0.15, -0.1) is 11.3 Å². The van der Waals surface area contributed by atoms with E-state index in [1.54, 1.807) is 4.57 Å². The molecule has 0 spiro atoms. The first kappa shape index (κ1) is 20.8. The summed E-state index contributed by atoms with van der Waals surface area (Å²) >= 11 is 1.51. The van der Waals surface area contributed by atoms with Crippen LogP contribution in [0.15, 0.2) is 9.59 Å². The van der Waals surface area contributed by atoms with Gasteiger partial charge in [0.1, 0.15) is 4.83 Å². The molecule has 0 aromatic carbocycles. The average Bonchev–Trinajstić information content (AvgIpc) is 2.91. The van der Waals surface area contributed by atoms with E-state index in [2.05, 4.69) is 5.32 Å². The van der Waals surface area contributed by atoms with E-state index < -0.39 is 0 Å². The van der Waals surface area contributed by atoms with E-state index in [9.17, 15) is 9.59 Å². The van der Waals surface area contributed by atoms with Gasteiger partial charge >= 0.3 is 5.69 Å². The lowest BCUT2D eigenvalue weighted by atomic mass is 10.2. The Balaban J connectivity index is 2.62. The van der Waals surface area contributed by atoms with Crippen molar-refractivity contribution in [3.05, 3.63) is 31.3 Å². The molecular weight excluding hydrogens is 352 g/mol. The van der Waals surface area contributed by atoms with E-state index in [4.69, 9.17) is 10.5 Å². The van der Waals surface area contributed by atoms with E-state index >= 15 is 0 Å². The normalized spacial score (nSPS) is 11.8. The summed E-state index contributed by atoms with van der Waals surface area (Å²) in [6, 6.07) is 0. The third-order valence-corrected chi connectivity index (χ3v) is 5.53. The van der Waals surface area contributed by atoms with Gasteiger partial charge in [0, 0.05) is 37.7 Å². The zero-order valence-electron chi connectivity index (χ0n) is 16.1. The molecule has 26 heavy (non-hydrogen) atoms. The second kappa shape index (κ2) is 9.45. The minimum absolute atomic E-state index is 0.190. The highest BCUT2D eigenvalue weighted by Crippen LogP contribution is 2.27. The second-order valence-corrected chi connectivity index (χ2v) is 7.82. The van der Waals surface area contributed by atoms with Crippen molar-refractivity contribution in [2.75, 3.05) is 26.3 Å². The Kier molecular flexibility index (Phi) is 7.57. The number of nitrogens with two attached hydrogens (primary N) is 1.